The van der Waals surface area contributed by atoms with E-state index in [2.05, 4.69) is 4.99 Å². The van der Waals surface area contributed by atoms with Crippen molar-refractivity contribution in [2.45, 2.75) is 24.9 Å². The highest BCUT2D eigenvalue weighted by Gasteiger charge is 2.36. The molecule has 0 saturated heterocycles. The lowest BCUT2D eigenvalue weighted by molar-refractivity contribution is -0.144. The van der Waals surface area contributed by atoms with Crippen LogP contribution in [-0.2, 0) is 24.8 Å². The number of amides is 1. The van der Waals surface area contributed by atoms with Gasteiger partial charge in [0.25, 0.3) is 5.91 Å². The van der Waals surface area contributed by atoms with Crippen LogP contribution in [0.5, 0.6) is 0 Å². The van der Waals surface area contributed by atoms with E-state index in [4.69, 9.17) is 14.5 Å². The fourth-order valence-corrected chi connectivity index (χ4v) is 5.61. The second kappa shape index (κ2) is 10.8. The highest BCUT2D eigenvalue weighted by molar-refractivity contribution is 8.39. The molecule has 1 aliphatic heterocycles. The lowest BCUT2D eigenvalue weighted by Gasteiger charge is -2.16. The van der Waals surface area contributed by atoms with Gasteiger partial charge in [0, 0.05) is 16.7 Å². The van der Waals surface area contributed by atoms with Crippen LogP contribution < -0.4 is 0 Å². The average Bonchev–Trinajstić information content (AvgIpc) is 3.23. The van der Waals surface area contributed by atoms with E-state index in [1.165, 1.54) is 11.8 Å². The van der Waals surface area contributed by atoms with Gasteiger partial charge in [0.1, 0.15) is 4.38 Å². The Bertz CT molecular complexity index is 1280. The van der Waals surface area contributed by atoms with Gasteiger partial charge in [-0.15, -0.1) is 0 Å². The standard InChI is InChI=1S/C25H22N2O5S2/c1-3-31-23(29)20-18(14-33-25-27-22(28)21(34-25)24(30)32-4-2)26-17-13-9-8-12-16(17)19(20)15-10-6-5-7-11-15/h5-13,21H,3-4,14H2,1-2H3/t21-/m0/s1. The van der Waals surface area contributed by atoms with Gasteiger partial charge in [0.2, 0.25) is 0 Å². The number of hydrogen-bond acceptors (Lipinski definition) is 8. The zero-order valence-electron chi connectivity index (χ0n) is 18.6. The first-order valence-corrected chi connectivity index (χ1v) is 12.6. The van der Waals surface area contributed by atoms with Crippen LogP contribution in [0.15, 0.2) is 59.6 Å². The third-order valence-corrected chi connectivity index (χ3v) is 7.31. The van der Waals surface area contributed by atoms with Gasteiger partial charge in [0.05, 0.1) is 30.0 Å². The predicted molar refractivity (Wildman–Crippen MR) is 135 cm³/mol. The Kier molecular flexibility index (Phi) is 7.64. The van der Waals surface area contributed by atoms with Crippen LogP contribution in [0.2, 0.25) is 0 Å². The molecule has 0 aliphatic carbocycles. The molecule has 1 atom stereocenters. The van der Waals surface area contributed by atoms with Crippen molar-refractivity contribution in [3.8, 4) is 11.1 Å². The Hall–Kier alpha value is -3.17. The maximum Gasteiger partial charge on any atom is 0.340 e. The van der Waals surface area contributed by atoms with Crippen LogP contribution in [-0.4, -0.2) is 45.7 Å². The Morgan fingerprint density at radius 1 is 1.00 bits per heavy atom. The first-order chi connectivity index (χ1) is 16.5. The van der Waals surface area contributed by atoms with Crippen molar-refractivity contribution < 1.29 is 23.9 Å². The number of thioether (sulfide) groups is 2. The van der Waals surface area contributed by atoms with Gasteiger partial charge in [-0.25, -0.2) is 4.79 Å². The molecular weight excluding hydrogens is 472 g/mol. The van der Waals surface area contributed by atoms with Gasteiger partial charge < -0.3 is 9.47 Å². The molecule has 0 saturated carbocycles. The molecule has 34 heavy (non-hydrogen) atoms. The maximum atomic E-state index is 13.1. The number of carbonyl (C=O) groups excluding carboxylic acids is 3. The Morgan fingerprint density at radius 3 is 2.44 bits per heavy atom. The number of aromatic nitrogens is 1. The van der Waals surface area contributed by atoms with Crippen molar-refractivity contribution >= 4 is 56.6 Å². The maximum absolute atomic E-state index is 13.1. The summed E-state index contributed by atoms with van der Waals surface area (Å²) in [6.45, 7) is 3.86. The summed E-state index contributed by atoms with van der Waals surface area (Å²) in [5.74, 6) is -1.32. The van der Waals surface area contributed by atoms with Crippen molar-refractivity contribution in [1.29, 1.82) is 0 Å². The fraction of sp³-hybridized carbons (Fsp3) is 0.240. The van der Waals surface area contributed by atoms with Crippen molar-refractivity contribution in [2.75, 3.05) is 13.2 Å². The van der Waals surface area contributed by atoms with E-state index in [9.17, 15) is 14.4 Å². The van der Waals surface area contributed by atoms with Gasteiger partial charge in [0.15, 0.2) is 5.25 Å². The fourth-order valence-electron chi connectivity index (χ4n) is 3.58. The first kappa shape index (κ1) is 24.0. The second-order valence-corrected chi connectivity index (χ2v) is 9.48. The van der Waals surface area contributed by atoms with E-state index in [0.717, 1.165) is 33.8 Å². The molecule has 7 nitrogen and oxygen atoms in total. The number of aliphatic imine (C=N–C) groups is 1. The number of rotatable bonds is 7. The van der Waals surface area contributed by atoms with Crippen LogP contribution in [0.1, 0.15) is 29.9 Å². The molecule has 0 N–H and O–H groups in total. The number of pyridine rings is 1. The van der Waals surface area contributed by atoms with Crippen LogP contribution in [0.3, 0.4) is 0 Å². The third-order valence-electron chi connectivity index (χ3n) is 4.99. The quantitative estimate of drug-likeness (QED) is 0.339. The summed E-state index contributed by atoms with van der Waals surface area (Å²) in [5, 5.41) is -0.146. The van der Waals surface area contributed by atoms with Crippen LogP contribution in [0, 0.1) is 0 Å². The minimum absolute atomic E-state index is 0.192. The highest BCUT2D eigenvalue weighted by atomic mass is 32.2. The molecule has 2 heterocycles. The molecule has 9 heteroatoms. The summed E-state index contributed by atoms with van der Waals surface area (Å²) in [6.07, 6.45) is 0. The molecule has 0 spiro atoms. The SMILES string of the molecule is CCOC(=O)c1c(CSC2=NC(=O)[C@@H](C(=O)OCC)S2)nc2ccccc2c1-c1ccccc1. The van der Waals surface area contributed by atoms with E-state index >= 15 is 0 Å². The monoisotopic (exact) mass is 494 g/mol. The summed E-state index contributed by atoms with van der Waals surface area (Å²) >= 11 is 2.32. The smallest absolute Gasteiger partial charge is 0.340 e. The van der Waals surface area contributed by atoms with Gasteiger partial charge in [-0.2, -0.15) is 4.99 Å². The molecule has 0 bridgehead atoms. The lowest BCUT2D eigenvalue weighted by atomic mass is 9.94. The summed E-state index contributed by atoms with van der Waals surface area (Å²) in [6, 6.07) is 17.3. The first-order valence-electron chi connectivity index (χ1n) is 10.8. The van der Waals surface area contributed by atoms with Gasteiger partial charge >= 0.3 is 11.9 Å². The summed E-state index contributed by atoms with van der Waals surface area (Å²) in [7, 11) is 0. The largest absolute Gasteiger partial charge is 0.465 e. The van der Waals surface area contributed by atoms with Crippen molar-refractivity contribution in [3.63, 3.8) is 0 Å². The van der Waals surface area contributed by atoms with E-state index < -0.39 is 23.1 Å². The third kappa shape index (κ3) is 5.00. The Morgan fingerprint density at radius 2 is 1.71 bits per heavy atom. The van der Waals surface area contributed by atoms with Crippen molar-refractivity contribution in [2.24, 2.45) is 4.99 Å². The number of para-hydroxylation sites is 1. The average molecular weight is 495 g/mol. The van der Waals surface area contributed by atoms with E-state index in [-0.39, 0.29) is 19.0 Å². The van der Waals surface area contributed by atoms with Crippen molar-refractivity contribution in [1.82, 2.24) is 4.98 Å². The Labute approximate surface area is 205 Å². The lowest BCUT2D eigenvalue weighted by Crippen LogP contribution is -2.24. The highest BCUT2D eigenvalue weighted by Crippen LogP contribution is 2.37. The molecular formula is C25H22N2O5S2. The molecule has 2 aromatic carbocycles. The van der Waals surface area contributed by atoms with E-state index in [1.54, 1.807) is 13.8 Å². The summed E-state index contributed by atoms with van der Waals surface area (Å²) in [4.78, 5) is 46.1. The van der Waals surface area contributed by atoms with Gasteiger partial charge in [-0.1, -0.05) is 72.1 Å². The molecule has 1 aromatic heterocycles. The molecule has 3 aromatic rings. The number of nitrogens with zero attached hydrogens (tertiary/aromatic N) is 2. The van der Waals surface area contributed by atoms with Gasteiger partial charge in [-0.05, 0) is 25.5 Å². The Balaban J connectivity index is 1.73. The molecule has 1 aliphatic rings. The predicted octanol–water partition coefficient (Wildman–Crippen LogP) is 4.87. The topological polar surface area (TPSA) is 94.9 Å². The number of fused-ring (bicyclic) bond motifs is 1. The molecule has 0 fully saturated rings. The minimum atomic E-state index is -0.989. The normalized spacial score (nSPS) is 15.3. The number of carbonyl (C=O) groups is 3. The van der Waals surface area contributed by atoms with Crippen LogP contribution >= 0.6 is 23.5 Å². The summed E-state index contributed by atoms with van der Waals surface area (Å²) in [5.41, 5.74) is 3.28. The second-order valence-electron chi connectivity index (χ2n) is 7.17. The number of esters is 2. The number of benzene rings is 2. The minimum Gasteiger partial charge on any atom is -0.465 e. The molecule has 174 valence electrons. The number of hydrogen-bond donors (Lipinski definition) is 0. The molecule has 0 unspecified atom stereocenters. The summed E-state index contributed by atoms with van der Waals surface area (Å²) < 4.78 is 10.8. The van der Waals surface area contributed by atoms with E-state index in [1.807, 2.05) is 54.6 Å². The molecule has 1 amide bonds. The number of ether oxygens (including phenoxy) is 2. The zero-order valence-corrected chi connectivity index (χ0v) is 20.3. The van der Waals surface area contributed by atoms with Gasteiger partial charge in [-0.3, -0.25) is 14.6 Å². The van der Waals surface area contributed by atoms with E-state index in [0.29, 0.717) is 15.6 Å². The van der Waals surface area contributed by atoms with Crippen LogP contribution in [0.4, 0.5) is 0 Å². The van der Waals surface area contributed by atoms with Crippen LogP contribution in [0.25, 0.3) is 22.0 Å². The molecule has 0 radical (unpaired) electrons. The van der Waals surface area contributed by atoms with Crippen molar-refractivity contribution in [3.05, 3.63) is 65.9 Å². The molecule has 4 rings (SSSR count). The zero-order chi connectivity index (χ0) is 24.1.